The summed E-state index contributed by atoms with van der Waals surface area (Å²) in [6, 6.07) is 11.6. The van der Waals surface area contributed by atoms with E-state index in [9.17, 15) is 15.0 Å². The molecule has 0 aliphatic rings. The summed E-state index contributed by atoms with van der Waals surface area (Å²) in [7, 11) is 0. The van der Waals surface area contributed by atoms with Crippen LogP contribution in [-0.4, -0.2) is 55.4 Å². The molecule has 4 aromatic rings. The van der Waals surface area contributed by atoms with Crippen molar-refractivity contribution in [3.8, 4) is 5.75 Å². The molecule has 0 fully saturated rings. The number of hydrogen-bond acceptors (Lipinski definition) is 10. The minimum atomic E-state index is -1.67. The van der Waals surface area contributed by atoms with Crippen molar-refractivity contribution in [2.24, 2.45) is 0 Å². The number of rotatable bonds is 8. The van der Waals surface area contributed by atoms with E-state index in [1.165, 1.54) is 6.20 Å². The average molecular weight is 449 g/mol. The zero-order valence-corrected chi connectivity index (χ0v) is 17.8. The fourth-order valence-corrected chi connectivity index (χ4v) is 3.56. The number of carboxylic acids is 1. The van der Waals surface area contributed by atoms with Crippen molar-refractivity contribution in [2.75, 3.05) is 29.5 Å². The van der Waals surface area contributed by atoms with E-state index in [-0.39, 0.29) is 36.5 Å². The molecule has 2 heterocycles. The van der Waals surface area contributed by atoms with E-state index in [1.54, 1.807) is 4.90 Å². The maximum absolute atomic E-state index is 11.4. The van der Waals surface area contributed by atoms with E-state index in [0.717, 1.165) is 16.3 Å². The van der Waals surface area contributed by atoms with Crippen molar-refractivity contribution in [3.63, 3.8) is 0 Å². The SMILES string of the molecule is CCOc1ccc2ccccc2c1CN(CC(O)C(=O)O)c1ncc2c(N)nc(N)nc2n1. The molecule has 0 bridgehead atoms. The predicted octanol–water partition coefficient (Wildman–Crippen LogP) is 1.59. The molecule has 0 spiro atoms. The summed E-state index contributed by atoms with van der Waals surface area (Å²) in [4.78, 5) is 29.7. The van der Waals surface area contributed by atoms with Gasteiger partial charge in [-0.15, -0.1) is 0 Å². The summed E-state index contributed by atoms with van der Waals surface area (Å²) >= 11 is 0. The van der Waals surface area contributed by atoms with E-state index in [0.29, 0.717) is 17.7 Å². The lowest BCUT2D eigenvalue weighted by atomic mass is 10.0. The molecule has 2 aromatic heterocycles. The van der Waals surface area contributed by atoms with E-state index >= 15 is 0 Å². The number of nitrogens with zero attached hydrogens (tertiary/aromatic N) is 5. The molecular formula is C22H23N7O4. The van der Waals surface area contributed by atoms with Crippen molar-refractivity contribution in [1.29, 1.82) is 0 Å². The predicted molar refractivity (Wildman–Crippen MR) is 124 cm³/mol. The van der Waals surface area contributed by atoms with Gasteiger partial charge in [0.2, 0.25) is 11.9 Å². The van der Waals surface area contributed by atoms with Gasteiger partial charge in [0.25, 0.3) is 0 Å². The van der Waals surface area contributed by atoms with Gasteiger partial charge in [0.1, 0.15) is 11.6 Å². The summed E-state index contributed by atoms with van der Waals surface area (Å²) in [5.41, 5.74) is 12.6. The van der Waals surface area contributed by atoms with Crippen LogP contribution in [0.5, 0.6) is 5.75 Å². The third-order valence-corrected chi connectivity index (χ3v) is 5.09. The van der Waals surface area contributed by atoms with E-state index in [2.05, 4.69) is 19.9 Å². The lowest BCUT2D eigenvalue weighted by Crippen LogP contribution is -2.37. The first-order valence-corrected chi connectivity index (χ1v) is 10.2. The second kappa shape index (κ2) is 9.09. The fraction of sp³-hybridized carbons (Fsp3) is 0.227. The lowest BCUT2D eigenvalue weighted by Gasteiger charge is -2.26. The number of nitrogen functional groups attached to an aromatic ring is 2. The van der Waals surface area contributed by atoms with Crippen molar-refractivity contribution in [1.82, 2.24) is 19.9 Å². The number of ether oxygens (including phenoxy) is 1. The first-order valence-electron chi connectivity index (χ1n) is 10.2. The molecule has 1 atom stereocenters. The van der Waals surface area contributed by atoms with E-state index in [1.807, 2.05) is 43.3 Å². The molecule has 4 rings (SSSR count). The minimum absolute atomic E-state index is 0.0468. The summed E-state index contributed by atoms with van der Waals surface area (Å²) < 4.78 is 5.84. The number of aliphatic carboxylic acids is 1. The Morgan fingerprint density at radius 1 is 1.12 bits per heavy atom. The third kappa shape index (κ3) is 4.53. The van der Waals surface area contributed by atoms with Crippen molar-refractivity contribution in [3.05, 3.63) is 48.2 Å². The largest absolute Gasteiger partial charge is 0.494 e. The second-order valence-electron chi connectivity index (χ2n) is 7.31. The topological polar surface area (TPSA) is 174 Å². The number of carbonyl (C=O) groups is 1. The van der Waals surface area contributed by atoms with Crippen LogP contribution in [0.25, 0.3) is 21.8 Å². The zero-order chi connectivity index (χ0) is 23.5. The number of aliphatic hydroxyl groups excluding tert-OH is 1. The highest BCUT2D eigenvalue weighted by Gasteiger charge is 2.23. The molecule has 2 aromatic carbocycles. The van der Waals surface area contributed by atoms with Crippen molar-refractivity contribution < 1.29 is 19.7 Å². The monoisotopic (exact) mass is 449 g/mol. The Labute approximate surface area is 188 Å². The number of aromatic nitrogens is 4. The molecule has 0 radical (unpaired) electrons. The van der Waals surface area contributed by atoms with Crippen LogP contribution in [0.15, 0.2) is 42.6 Å². The zero-order valence-electron chi connectivity index (χ0n) is 17.8. The van der Waals surface area contributed by atoms with Crippen LogP contribution in [0, 0.1) is 0 Å². The third-order valence-electron chi connectivity index (χ3n) is 5.09. The van der Waals surface area contributed by atoms with Gasteiger partial charge >= 0.3 is 5.97 Å². The standard InChI is InChI=1S/C22H23N7O4/c1-2-33-17-8-7-12-5-3-4-6-13(12)15(17)10-29(11-16(30)20(31)32)22-25-9-14-18(23)26-21(24)27-19(14)28-22/h3-9,16,30H,2,10-11H2,1H3,(H,31,32)(H4,23,24,25,26,27,28). The van der Waals surface area contributed by atoms with Crippen LogP contribution in [-0.2, 0) is 11.3 Å². The normalized spacial score (nSPS) is 12.1. The molecule has 1 unspecified atom stereocenters. The van der Waals surface area contributed by atoms with Gasteiger partial charge in [-0.1, -0.05) is 30.3 Å². The number of carboxylic acid groups (broad SMARTS) is 1. The highest BCUT2D eigenvalue weighted by molar-refractivity contribution is 5.88. The van der Waals surface area contributed by atoms with Gasteiger partial charge in [0.15, 0.2) is 11.8 Å². The van der Waals surface area contributed by atoms with Crippen LogP contribution in [0.4, 0.5) is 17.7 Å². The maximum atomic E-state index is 11.4. The first kappa shape index (κ1) is 22.0. The smallest absolute Gasteiger partial charge is 0.334 e. The summed E-state index contributed by atoms with van der Waals surface area (Å²) in [5.74, 6) is -0.485. The minimum Gasteiger partial charge on any atom is -0.494 e. The lowest BCUT2D eigenvalue weighted by molar-refractivity contribution is -0.146. The summed E-state index contributed by atoms with van der Waals surface area (Å²) in [5, 5.41) is 21.8. The van der Waals surface area contributed by atoms with Crippen LogP contribution >= 0.6 is 0 Å². The molecule has 0 amide bonds. The molecule has 170 valence electrons. The number of fused-ring (bicyclic) bond motifs is 2. The Hall–Kier alpha value is -4.25. The second-order valence-corrected chi connectivity index (χ2v) is 7.31. The molecule has 0 saturated heterocycles. The van der Waals surface area contributed by atoms with Crippen LogP contribution in [0.1, 0.15) is 12.5 Å². The molecular weight excluding hydrogens is 426 g/mol. The molecule has 6 N–H and O–H groups in total. The Morgan fingerprint density at radius 2 is 1.91 bits per heavy atom. The Kier molecular flexibility index (Phi) is 6.05. The fourth-order valence-electron chi connectivity index (χ4n) is 3.56. The number of anilines is 3. The average Bonchev–Trinajstić information content (AvgIpc) is 2.79. The Balaban J connectivity index is 1.83. The number of hydrogen-bond donors (Lipinski definition) is 4. The molecule has 11 heteroatoms. The van der Waals surface area contributed by atoms with E-state index in [4.69, 9.17) is 16.2 Å². The highest BCUT2D eigenvalue weighted by atomic mass is 16.5. The maximum Gasteiger partial charge on any atom is 0.334 e. The van der Waals surface area contributed by atoms with Crippen LogP contribution < -0.4 is 21.1 Å². The number of benzene rings is 2. The van der Waals surface area contributed by atoms with Crippen LogP contribution in [0.2, 0.25) is 0 Å². The summed E-state index contributed by atoms with van der Waals surface area (Å²) in [6.45, 7) is 2.23. The Bertz CT molecular complexity index is 1330. The Morgan fingerprint density at radius 3 is 2.67 bits per heavy atom. The van der Waals surface area contributed by atoms with Crippen molar-refractivity contribution >= 4 is 45.5 Å². The van der Waals surface area contributed by atoms with Gasteiger partial charge in [0, 0.05) is 11.8 Å². The van der Waals surface area contributed by atoms with Gasteiger partial charge in [-0.05, 0) is 23.8 Å². The van der Waals surface area contributed by atoms with E-state index < -0.39 is 12.1 Å². The van der Waals surface area contributed by atoms with Gasteiger partial charge in [-0.25, -0.2) is 9.78 Å². The summed E-state index contributed by atoms with van der Waals surface area (Å²) in [6.07, 6.45) is -0.227. The molecule has 11 nitrogen and oxygen atoms in total. The van der Waals surface area contributed by atoms with Gasteiger partial charge in [-0.3, -0.25) is 0 Å². The molecule has 0 saturated carbocycles. The van der Waals surface area contributed by atoms with Gasteiger partial charge in [0.05, 0.1) is 25.1 Å². The number of nitrogens with two attached hydrogens (primary N) is 2. The molecule has 0 aliphatic carbocycles. The quantitative estimate of drug-likeness (QED) is 0.307. The number of aliphatic hydroxyl groups is 1. The van der Waals surface area contributed by atoms with Gasteiger partial charge < -0.3 is 31.3 Å². The first-order chi connectivity index (χ1) is 15.9. The highest BCUT2D eigenvalue weighted by Crippen LogP contribution is 2.31. The molecule has 33 heavy (non-hydrogen) atoms. The molecule has 0 aliphatic heterocycles. The van der Waals surface area contributed by atoms with Crippen molar-refractivity contribution in [2.45, 2.75) is 19.6 Å². The van der Waals surface area contributed by atoms with Crippen LogP contribution in [0.3, 0.4) is 0 Å². The van der Waals surface area contributed by atoms with Gasteiger partial charge in [-0.2, -0.15) is 15.0 Å².